The second kappa shape index (κ2) is 8.48. The van der Waals surface area contributed by atoms with Crippen LogP contribution in [-0.4, -0.2) is 62.2 Å². The molecule has 0 bridgehead atoms. The first-order chi connectivity index (χ1) is 14.1. The summed E-state index contributed by atoms with van der Waals surface area (Å²) in [6.07, 6.45) is -0.704. The predicted molar refractivity (Wildman–Crippen MR) is 105 cm³/mol. The van der Waals surface area contributed by atoms with Crippen molar-refractivity contribution < 1.29 is 23.5 Å². The molecule has 1 N–H and O–H groups in total. The topological polar surface area (TPSA) is 71.1 Å². The Hall–Kier alpha value is -3.13. The molecule has 0 radical (unpaired) electrons. The van der Waals surface area contributed by atoms with Crippen LogP contribution >= 0.6 is 0 Å². The van der Waals surface area contributed by atoms with Crippen LogP contribution in [0.4, 0.5) is 15.8 Å². The van der Waals surface area contributed by atoms with Crippen molar-refractivity contribution in [2.75, 3.05) is 49.6 Å². The maximum Gasteiger partial charge on any atom is 0.265 e. The summed E-state index contributed by atoms with van der Waals surface area (Å²) in [5, 5.41) is 2.69. The third-order valence-electron chi connectivity index (χ3n) is 4.90. The Morgan fingerprint density at radius 1 is 1.10 bits per heavy atom. The molecule has 152 valence electrons. The summed E-state index contributed by atoms with van der Waals surface area (Å²) in [6.45, 7) is 2.35. The number of nitrogens with zero attached hydrogens (tertiary/aromatic N) is 2. The summed E-state index contributed by atoms with van der Waals surface area (Å²) in [6, 6.07) is 13.0. The smallest absolute Gasteiger partial charge is 0.265 e. The standard InChI is InChI=1S/C21H22FN3O4/c22-15-4-3-5-16(12-15)23-20(26)14-25-13-19(21(27)24-8-10-28-11-9-24)29-18-7-2-1-6-17(18)25/h1-7,12,19H,8-11,13-14H2,(H,23,26)/t19-/m0/s1. The molecule has 1 fully saturated rings. The lowest BCUT2D eigenvalue weighted by Crippen LogP contribution is -2.53. The molecule has 2 amide bonds. The number of fused-ring (bicyclic) bond motifs is 1. The van der Waals surface area contributed by atoms with Gasteiger partial charge in [0, 0.05) is 18.8 Å². The zero-order valence-corrected chi connectivity index (χ0v) is 15.8. The quantitative estimate of drug-likeness (QED) is 0.850. The molecule has 1 atom stereocenters. The van der Waals surface area contributed by atoms with Crippen molar-refractivity contribution in [1.29, 1.82) is 0 Å². The number of nitrogens with one attached hydrogen (secondary N) is 1. The third-order valence-corrected chi connectivity index (χ3v) is 4.90. The summed E-state index contributed by atoms with van der Waals surface area (Å²) in [7, 11) is 0. The van der Waals surface area contributed by atoms with Gasteiger partial charge in [0.1, 0.15) is 11.6 Å². The molecule has 7 nitrogen and oxygen atoms in total. The number of rotatable bonds is 4. The van der Waals surface area contributed by atoms with Gasteiger partial charge in [0.05, 0.1) is 32.0 Å². The summed E-state index contributed by atoms with van der Waals surface area (Å²) in [5.74, 6) is -0.275. The van der Waals surface area contributed by atoms with E-state index in [-0.39, 0.29) is 24.9 Å². The van der Waals surface area contributed by atoms with Crippen LogP contribution in [0.3, 0.4) is 0 Å². The number of benzene rings is 2. The second-order valence-electron chi connectivity index (χ2n) is 6.95. The second-order valence-corrected chi connectivity index (χ2v) is 6.95. The Balaban J connectivity index is 1.48. The van der Waals surface area contributed by atoms with Crippen molar-refractivity contribution in [2.45, 2.75) is 6.10 Å². The van der Waals surface area contributed by atoms with Crippen molar-refractivity contribution in [1.82, 2.24) is 4.90 Å². The molecule has 2 aliphatic heterocycles. The molecule has 29 heavy (non-hydrogen) atoms. The van der Waals surface area contributed by atoms with Gasteiger partial charge in [0.25, 0.3) is 5.91 Å². The summed E-state index contributed by atoms with van der Waals surface area (Å²) in [4.78, 5) is 29.0. The van der Waals surface area contributed by atoms with Gasteiger partial charge in [-0.15, -0.1) is 0 Å². The van der Waals surface area contributed by atoms with Crippen LogP contribution in [0.15, 0.2) is 48.5 Å². The maximum atomic E-state index is 13.4. The number of carbonyl (C=O) groups is 2. The molecule has 2 aromatic rings. The van der Waals surface area contributed by atoms with Crippen LogP contribution in [0.25, 0.3) is 0 Å². The highest BCUT2D eigenvalue weighted by atomic mass is 19.1. The molecule has 2 aliphatic rings. The van der Waals surface area contributed by atoms with Gasteiger partial charge >= 0.3 is 0 Å². The molecule has 8 heteroatoms. The Kier molecular flexibility index (Phi) is 5.62. The Morgan fingerprint density at radius 2 is 1.90 bits per heavy atom. The summed E-state index contributed by atoms with van der Waals surface area (Å²) >= 11 is 0. The Bertz CT molecular complexity index is 901. The molecular formula is C21H22FN3O4. The van der Waals surface area contributed by atoms with Crippen molar-refractivity contribution >= 4 is 23.2 Å². The van der Waals surface area contributed by atoms with Crippen LogP contribution in [0.2, 0.25) is 0 Å². The highest BCUT2D eigenvalue weighted by molar-refractivity contribution is 5.95. The fourth-order valence-electron chi connectivity index (χ4n) is 3.51. The van der Waals surface area contributed by atoms with Gasteiger partial charge in [-0.05, 0) is 30.3 Å². The van der Waals surface area contributed by atoms with E-state index in [4.69, 9.17) is 9.47 Å². The average molecular weight is 399 g/mol. The summed E-state index contributed by atoms with van der Waals surface area (Å²) < 4.78 is 24.6. The van der Waals surface area contributed by atoms with Crippen LogP contribution in [0.5, 0.6) is 5.75 Å². The monoisotopic (exact) mass is 399 g/mol. The number of halogens is 1. The first kappa shape index (κ1) is 19.2. The zero-order chi connectivity index (χ0) is 20.2. The van der Waals surface area contributed by atoms with Gasteiger partial charge in [-0.1, -0.05) is 18.2 Å². The van der Waals surface area contributed by atoms with Crippen molar-refractivity contribution in [3.63, 3.8) is 0 Å². The van der Waals surface area contributed by atoms with Gasteiger partial charge in [-0.3, -0.25) is 9.59 Å². The van der Waals surface area contributed by atoms with Gasteiger partial charge in [-0.25, -0.2) is 4.39 Å². The SMILES string of the molecule is O=C(CN1C[C@@H](C(=O)N2CCOCC2)Oc2ccccc21)Nc1cccc(F)c1. The highest BCUT2D eigenvalue weighted by Crippen LogP contribution is 2.33. The van der Waals surface area contributed by atoms with Crippen LogP contribution < -0.4 is 15.0 Å². The van der Waals surface area contributed by atoms with Crippen LogP contribution in [-0.2, 0) is 14.3 Å². The summed E-state index contributed by atoms with van der Waals surface area (Å²) in [5.41, 5.74) is 1.13. The average Bonchev–Trinajstić information content (AvgIpc) is 2.73. The molecule has 2 heterocycles. The lowest BCUT2D eigenvalue weighted by molar-refractivity contribution is -0.142. The molecule has 1 saturated heterocycles. The van der Waals surface area contributed by atoms with Gasteiger partial charge in [0.15, 0.2) is 6.10 Å². The molecule has 0 aromatic heterocycles. The number of hydrogen-bond acceptors (Lipinski definition) is 5. The van der Waals surface area contributed by atoms with E-state index < -0.39 is 11.9 Å². The van der Waals surface area contributed by atoms with E-state index in [2.05, 4.69) is 5.32 Å². The van der Waals surface area contributed by atoms with E-state index in [0.717, 1.165) is 5.69 Å². The molecule has 0 spiro atoms. The molecule has 4 rings (SSSR count). The lowest BCUT2D eigenvalue weighted by atomic mass is 10.1. The predicted octanol–water partition coefficient (Wildman–Crippen LogP) is 1.89. The first-order valence-corrected chi connectivity index (χ1v) is 9.53. The highest BCUT2D eigenvalue weighted by Gasteiger charge is 2.34. The van der Waals surface area contributed by atoms with E-state index in [0.29, 0.717) is 37.7 Å². The van der Waals surface area contributed by atoms with Crippen molar-refractivity contribution in [3.05, 3.63) is 54.3 Å². The molecule has 0 aliphatic carbocycles. The number of para-hydroxylation sites is 2. The number of amides is 2. The van der Waals surface area contributed by atoms with Gasteiger partial charge < -0.3 is 24.6 Å². The normalized spacial score (nSPS) is 18.6. The molecule has 0 unspecified atom stereocenters. The van der Waals surface area contributed by atoms with Crippen LogP contribution in [0, 0.1) is 5.82 Å². The molecular weight excluding hydrogens is 377 g/mol. The maximum absolute atomic E-state index is 13.4. The zero-order valence-electron chi connectivity index (χ0n) is 15.8. The van der Waals surface area contributed by atoms with Crippen LogP contribution in [0.1, 0.15) is 0 Å². The minimum atomic E-state index is -0.704. The number of ether oxygens (including phenoxy) is 2. The Morgan fingerprint density at radius 3 is 2.69 bits per heavy atom. The number of morpholine rings is 1. The molecule has 2 aromatic carbocycles. The lowest BCUT2D eigenvalue weighted by Gasteiger charge is -2.38. The van der Waals surface area contributed by atoms with Gasteiger partial charge in [-0.2, -0.15) is 0 Å². The fraction of sp³-hybridized carbons (Fsp3) is 0.333. The third kappa shape index (κ3) is 4.48. The van der Waals surface area contributed by atoms with Crippen molar-refractivity contribution in [2.24, 2.45) is 0 Å². The fourth-order valence-corrected chi connectivity index (χ4v) is 3.51. The number of carbonyl (C=O) groups excluding carboxylic acids is 2. The van der Waals surface area contributed by atoms with Gasteiger partial charge in [0.2, 0.25) is 5.91 Å². The van der Waals surface area contributed by atoms with E-state index in [1.807, 2.05) is 23.1 Å². The number of anilines is 2. The van der Waals surface area contributed by atoms with E-state index in [9.17, 15) is 14.0 Å². The number of hydrogen-bond donors (Lipinski definition) is 1. The Labute approximate surface area is 168 Å². The minimum Gasteiger partial charge on any atom is -0.477 e. The largest absolute Gasteiger partial charge is 0.477 e. The van der Waals surface area contributed by atoms with E-state index >= 15 is 0 Å². The first-order valence-electron chi connectivity index (χ1n) is 9.53. The van der Waals surface area contributed by atoms with E-state index in [1.165, 1.54) is 18.2 Å². The minimum absolute atomic E-state index is 0.0176. The molecule has 0 saturated carbocycles. The van der Waals surface area contributed by atoms with Crippen molar-refractivity contribution in [3.8, 4) is 5.75 Å². The van der Waals surface area contributed by atoms with E-state index in [1.54, 1.807) is 17.0 Å².